The molecule has 5 aliphatic rings. The lowest BCUT2D eigenvalue weighted by Gasteiger charge is -2.32. The first-order valence-corrected chi connectivity index (χ1v) is 22.7. The number of rotatable bonds is 4. The predicted octanol–water partition coefficient (Wildman–Crippen LogP) is 17.0. The van der Waals surface area contributed by atoms with Crippen LogP contribution in [-0.2, 0) is 0 Å². The van der Waals surface area contributed by atoms with E-state index in [1.54, 1.807) is 0 Å². The standard InChI is InChI=1S/C62H44N2/c1-2-20-47-38-48(33-28-41(47)14-1)61-53-36-34-50(64-59-26-11-6-18-45(59)31-32-46-19-7-12-27-60(46)64)40-56(53)62(52-23-13-21-42-15-3-8-22-51(42)52)54-37-35-49(39-55(54)61)63-57-24-9-4-16-43(57)29-30-44-17-5-10-25-58(44)63/h1-11,13-26,28-37,39-40,47H,12,27,38H2. The molecule has 8 aromatic carbocycles. The molecule has 2 heteroatoms. The highest BCUT2D eigenvalue weighted by atomic mass is 15.2. The van der Waals surface area contributed by atoms with E-state index >= 15 is 0 Å². The van der Waals surface area contributed by atoms with Gasteiger partial charge in [0.2, 0.25) is 0 Å². The van der Waals surface area contributed by atoms with Crippen molar-refractivity contribution in [3.05, 3.63) is 245 Å². The van der Waals surface area contributed by atoms with Crippen LogP contribution in [0.25, 0.3) is 67.2 Å². The number of hydrogen-bond donors (Lipinski definition) is 0. The number of allylic oxidation sites excluding steroid dienone is 13. The summed E-state index contributed by atoms with van der Waals surface area (Å²) in [5.41, 5.74) is 18.7. The van der Waals surface area contributed by atoms with Crippen LogP contribution in [0, 0.1) is 5.92 Å². The molecule has 2 heterocycles. The van der Waals surface area contributed by atoms with Crippen molar-refractivity contribution in [3.63, 3.8) is 0 Å². The quantitative estimate of drug-likeness (QED) is 0.163. The summed E-state index contributed by atoms with van der Waals surface area (Å²) >= 11 is 0. The Kier molecular flexibility index (Phi) is 8.52. The molecule has 1 atom stereocenters. The van der Waals surface area contributed by atoms with Crippen LogP contribution in [0.2, 0.25) is 0 Å². The zero-order valence-corrected chi connectivity index (χ0v) is 35.5. The summed E-state index contributed by atoms with van der Waals surface area (Å²) in [7, 11) is 0. The van der Waals surface area contributed by atoms with Gasteiger partial charge in [0.1, 0.15) is 0 Å². The second kappa shape index (κ2) is 14.9. The molecule has 8 aromatic rings. The molecule has 0 N–H and O–H groups in total. The number of nitrogens with zero attached hydrogens (tertiary/aromatic N) is 2. The number of hydrogen-bond acceptors (Lipinski definition) is 2. The Morgan fingerprint density at radius 1 is 0.453 bits per heavy atom. The fourth-order valence-electron chi connectivity index (χ4n) is 11.0. The number of anilines is 5. The third-order valence-corrected chi connectivity index (χ3v) is 13.9. The van der Waals surface area contributed by atoms with Crippen molar-refractivity contribution in [2.45, 2.75) is 19.3 Å². The molecule has 0 radical (unpaired) electrons. The molecule has 0 fully saturated rings. The Balaban J connectivity index is 1.15. The van der Waals surface area contributed by atoms with Gasteiger partial charge in [-0.25, -0.2) is 0 Å². The van der Waals surface area contributed by atoms with E-state index in [-0.39, 0.29) is 0 Å². The molecule has 302 valence electrons. The molecular formula is C62H44N2. The van der Waals surface area contributed by atoms with Crippen molar-refractivity contribution < 1.29 is 0 Å². The molecule has 0 amide bonds. The van der Waals surface area contributed by atoms with Gasteiger partial charge in [-0.15, -0.1) is 0 Å². The molecule has 0 spiro atoms. The van der Waals surface area contributed by atoms with Crippen molar-refractivity contribution in [2.24, 2.45) is 5.92 Å². The van der Waals surface area contributed by atoms with E-state index in [1.165, 1.54) is 111 Å². The van der Waals surface area contributed by atoms with E-state index in [4.69, 9.17) is 0 Å². The van der Waals surface area contributed by atoms with Gasteiger partial charge in [0, 0.05) is 23.0 Å². The third kappa shape index (κ3) is 5.87. The fourth-order valence-corrected chi connectivity index (χ4v) is 11.0. The van der Waals surface area contributed by atoms with Gasteiger partial charge in [0.25, 0.3) is 0 Å². The van der Waals surface area contributed by atoms with Crippen LogP contribution >= 0.6 is 0 Å². The Morgan fingerprint density at radius 2 is 1.08 bits per heavy atom. The monoisotopic (exact) mass is 816 g/mol. The van der Waals surface area contributed by atoms with Gasteiger partial charge >= 0.3 is 0 Å². The summed E-state index contributed by atoms with van der Waals surface area (Å²) in [5, 5.41) is 7.54. The SMILES string of the molecule is C1=CC2=CC=C(c3c4cc(N5c6ccccc6C=Cc6ccccc65)ccc4c(-c4cccc5ccccc45)c4cc(N5C6=C(C=CCC6)C=Cc6ccccc65)ccc34)CC2C=C1. The van der Waals surface area contributed by atoms with Crippen LogP contribution < -0.4 is 9.80 Å². The van der Waals surface area contributed by atoms with Gasteiger partial charge in [0.05, 0.1) is 17.1 Å². The van der Waals surface area contributed by atoms with E-state index in [9.17, 15) is 0 Å². The number of benzene rings is 8. The highest BCUT2D eigenvalue weighted by Gasteiger charge is 2.28. The van der Waals surface area contributed by atoms with Gasteiger partial charge in [-0.05, 0) is 144 Å². The van der Waals surface area contributed by atoms with Crippen LogP contribution in [-0.4, -0.2) is 0 Å². The summed E-state index contributed by atoms with van der Waals surface area (Å²) in [6.45, 7) is 0. The maximum Gasteiger partial charge on any atom is 0.0534 e. The molecule has 2 nitrogen and oxygen atoms in total. The molecule has 13 rings (SSSR count). The zero-order chi connectivity index (χ0) is 42.1. The average molecular weight is 817 g/mol. The lowest BCUT2D eigenvalue weighted by molar-refractivity contribution is 0.794. The topological polar surface area (TPSA) is 6.48 Å². The summed E-state index contributed by atoms with van der Waals surface area (Å²) in [6.07, 6.45) is 30.5. The molecule has 0 saturated heterocycles. The van der Waals surface area contributed by atoms with Crippen molar-refractivity contribution in [1.82, 2.24) is 0 Å². The Labute approximate surface area is 374 Å². The largest absolute Gasteiger partial charge is 0.313 e. The van der Waals surface area contributed by atoms with Crippen LogP contribution in [0.15, 0.2) is 223 Å². The Hall–Kier alpha value is -7.94. The minimum absolute atomic E-state index is 0.330. The Morgan fingerprint density at radius 3 is 1.84 bits per heavy atom. The zero-order valence-electron chi connectivity index (χ0n) is 35.5. The summed E-state index contributed by atoms with van der Waals surface area (Å²) in [6, 6.07) is 56.8. The van der Waals surface area contributed by atoms with Gasteiger partial charge in [0.15, 0.2) is 0 Å². The van der Waals surface area contributed by atoms with E-state index in [2.05, 4.69) is 234 Å². The first-order chi connectivity index (χ1) is 31.7. The fraction of sp³-hybridized carbons (Fsp3) is 0.0645. The van der Waals surface area contributed by atoms with Gasteiger partial charge in [-0.2, -0.15) is 0 Å². The van der Waals surface area contributed by atoms with E-state index in [0.29, 0.717) is 5.92 Å². The average Bonchev–Trinajstić information content (AvgIpc) is 3.63. The molecule has 0 saturated carbocycles. The highest BCUT2D eigenvalue weighted by Crippen LogP contribution is 2.51. The van der Waals surface area contributed by atoms with Crippen molar-refractivity contribution in [1.29, 1.82) is 0 Å². The Bertz CT molecular complexity index is 3490. The smallest absolute Gasteiger partial charge is 0.0534 e. The first-order valence-electron chi connectivity index (χ1n) is 22.7. The van der Waals surface area contributed by atoms with Gasteiger partial charge < -0.3 is 9.80 Å². The van der Waals surface area contributed by atoms with E-state index < -0.39 is 0 Å². The maximum atomic E-state index is 2.55. The molecule has 1 unspecified atom stereocenters. The molecule has 2 aliphatic heterocycles. The lowest BCUT2D eigenvalue weighted by atomic mass is 9.78. The number of fused-ring (bicyclic) bond motifs is 7. The van der Waals surface area contributed by atoms with E-state index in [0.717, 1.165) is 24.9 Å². The summed E-state index contributed by atoms with van der Waals surface area (Å²) in [5.74, 6) is 0.330. The molecule has 0 bridgehead atoms. The highest BCUT2D eigenvalue weighted by molar-refractivity contribution is 6.22. The van der Waals surface area contributed by atoms with Crippen LogP contribution in [0.3, 0.4) is 0 Å². The first kappa shape index (κ1) is 36.7. The minimum atomic E-state index is 0.330. The van der Waals surface area contributed by atoms with E-state index in [1.807, 2.05) is 0 Å². The molecule has 3 aliphatic carbocycles. The normalized spacial score (nSPS) is 17.1. The third-order valence-electron chi connectivity index (χ3n) is 13.9. The number of para-hydroxylation sites is 3. The molecule has 0 aromatic heterocycles. The van der Waals surface area contributed by atoms with Crippen LogP contribution in [0.1, 0.15) is 41.5 Å². The molecule has 64 heavy (non-hydrogen) atoms. The second-order valence-electron chi connectivity index (χ2n) is 17.5. The summed E-state index contributed by atoms with van der Waals surface area (Å²) < 4.78 is 0. The van der Waals surface area contributed by atoms with Crippen LogP contribution in [0.4, 0.5) is 28.4 Å². The maximum absolute atomic E-state index is 2.55. The lowest BCUT2D eigenvalue weighted by Crippen LogP contribution is -2.19. The predicted molar refractivity (Wildman–Crippen MR) is 273 cm³/mol. The van der Waals surface area contributed by atoms with Crippen molar-refractivity contribution in [3.8, 4) is 11.1 Å². The van der Waals surface area contributed by atoms with Crippen LogP contribution in [0.5, 0.6) is 0 Å². The summed E-state index contributed by atoms with van der Waals surface area (Å²) in [4.78, 5) is 5.01. The van der Waals surface area contributed by atoms with Gasteiger partial charge in [-0.3, -0.25) is 0 Å². The minimum Gasteiger partial charge on any atom is -0.313 e. The molecular weight excluding hydrogens is 773 g/mol. The van der Waals surface area contributed by atoms with Crippen molar-refractivity contribution >= 4 is 84.6 Å². The second-order valence-corrected chi connectivity index (χ2v) is 17.5. The van der Waals surface area contributed by atoms with Gasteiger partial charge in [-0.1, -0.05) is 182 Å². The van der Waals surface area contributed by atoms with Crippen molar-refractivity contribution in [2.75, 3.05) is 9.80 Å².